The van der Waals surface area contributed by atoms with E-state index in [-0.39, 0.29) is 29.3 Å². The van der Waals surface area contributed by atoms with Gasteiger partial charge in [-0.15, -0.1) is 0 Å². The van der Waals surface area contributed by atoms with Crippen LogP contribution in [0, 0.1) is 5.92 Å². The smallest absolute Gasteiger partial charge is 0.251 e. The van der Waals surface area contributed by atoms with Gasteiger partial charge >= 0.3 is 0 Å². The van der Waals surface area contributed by atoms with Crippen LogP contribution in [0.5, 0.6) is 0 Å². The number of rotatable bonds is 4. The molecule has 1 rings (SSSR count). The Labute approximate surface area is 126 Å². The molecule has 0 heterocycles. The highest BCUT2D eigenvalue weighted by Crippen LogP contribution is 2.14. The van der Waals surface area contributed by atoms with Gasteiger partial charge in [0.25, 0.3) is 5.91 Å². The van der Waals surface area contributed by atoms with Crippen LogP contribution < -0.4 is 16.4 Å². The highest BCUT2D eigenvalue weighted by atomic mass is 16.2. The third-order valence-corrected chi connectivity index (χ3v) is 3.08. The number of benzene rings is 1. The standard InChI is InChI=1S/C16H25N3O2/c1-10(11(2)17)14(20)18-13-8-6-7-12(9-13)15(21)19-16(3,4)5/h6-11H,17H2,1-5H3,(H,18,20)(H,19,21). The van der Waals surface area contributed by atoms with Gasteiger partial charge in [-0.3, -0.25) is 9.59 Å². The van der Waals surface area contributed by atoms with Gasteiger partial charge in [0.2, 0.25) is 5.91 Å². The van der Waals surface area contributed by atoms with Crippen molar-refractivity contribution in [3.05, 3.63) is 29.8 Å². The lowest BCUT2D eigenvalue weighted by Crippen LogP contribution is -2.40. The minimum Gasteiger partial charge on any atom is -0.347 e. The predicted octanol–water partition coefficient (Wildman–Crippen LogP) is 2.14. The van der Waals surface area contributed by atoms with Gasteiger partial charge in [-0.1, -0.05) is 13.0 Å². The van der Waals surface area contributed by atoms with Crippen LogP contribution in [-0.4, -0.2) is 23.4 Å². The molecule has 0 fully saturated rings. The molecule has 2 atom stereocenters. The van der Waals surface area contributed by atoms with Crippen LogP contribution >= 0.6 is 0 Å². The van der Waals surface area contributed by atoms with Crippen molar-refractivity contribution < 1.29 is 9.59 Å². The Morgan fingerprint density at radius 2 is 1.81 bits per heavy atom. The molecule has 5 nitrogen and oxygen atoms in total. The molecule has 0 spiro atoms. The summed E-state index contributed by atoms with van der Waals surface area (Å²) in [6.45, 7) is 9.32. The van der Waals surface area contributed by atoms with E-state index in [1.54, 1.807) is 38.1 Å². The Morgan fingerprint density at radius 3 is 2.33 bits per heavy atom. The zero-order chi connectivity index (χ0) is 16.2. The maximum Gasteiger partial charge on any atom is 0.251 e. The molecule has 2 unspecified atom stereocenters. The molecule has 0 saturated heterocycles. The first-order valence-corrected chi connectivity index (χ1v) is 7.09. The maximum absolute atomic E-state index is 12.1. The summed E-state index contributed by atoms with van der Waals surface area (Å²) < 4.78 is 0. The monoisotopic (exact) mass is 291 g/mol. The summed E-state index contributed by atoms with van der Waals surface area (Å²) in [4.78, 5) is 24.1. The normalized spacial score (nSPS) is 14.2. The van der Waals surface area contributed by atoms with Crippen LogP contribution in [0.1, 0.15) is 45.0 Å². The van der Waals surface area contributed by atoms with Crippen LogP contribution in [-0.2, 0) is 4.79 Å². The fraction of sp³-hybridized carbons (Fsp3) is 0.500. The molecule has 0 aliphatic carbocycles. The molecule has 2 amide bonds. The Morgan fingerprint density at radius 1 is 1.19 bits per heavy atom. The van der Waals surface area contributed by atoms with Gasteiger partial charge in [-0.25, -0.2) is 0 Å². The lowest BCUT2D eigenvalue weighted by Gasteiger charge is -2.21. The zero-order valence-corrected chi connectivity index (χ0v) is 13.4. The Bertz CT molecular complexity index is 518. The topological polar surface area (TPSA) is 84.2 Å². The van der Waals surface area contributed by atoms with Crippen molar-refractivity contribution in [1.82, 2.24) is 5.32 Å². The molecule has 0 aliphatic rings. The number of nitrogens with one attached hydrogen (secondary N) is 2. The number of nitrogens with two attached hydrogens (primary N) is 1. The Hall–Kier alpha value is -1.88. The molecule has 0 aliphatic heterocycles. The van der Waals surface area contributed by atoms with Gasteiger partial charge < -0.3 is 16.4 Å². The highest BCUT2D eigenvalue weighted by molar-refractivity contribution is 5.98. The van der Waals surface area contributed by atoms with Crippen LogP contribution in [0.4, 0.5) is 5.69 Å². The minimum atomic E-state index is -0.306. The average Bonchev–Trinajstić information content (AvgIpc) is 2.35. The third-order valence-electron chi connectivity index (χ3n) is 3.08. The number of hydrogen-bond donors (Lipinski definition) is 3. The van der Waals surface area contributed by atoms with E-state index in [2.05, 4.69) is 10.6 Å². The predicted molar refractivity (Wildman–Crippen MR) is 85.1 cm³/mol. The average molecular weight is 291 g/mol. The van der Waals surface area contributed by atoms with Gasteiger partial charge in [0, 0.05) is 22.8 Å². The van der Waals surface area contributed by atoms with Gasteiger partial charge in [-0.2, -0.15) is 0 Å². The summed E-state index contributed by atoms with van der Waals surface area (Å²) >= 11 is 0. The summed E-state index contributed by atoms with van der Waals surface area (Å²) in [5.41, 5.74) is 6.51. The van der Waals surface area contributed by atoms with Crippen LogP contribution in [0.2, 0.25) is 0 Å². The van der Waals surface area contributed by atoms with Crippen molar-refractivity contribution in [3.63, 3.8) is 0 Å². The van der Waals surface area contributed by atoms with Crippen molar-refractivity contribution >= 4 is 17.5 Å². The van der Waals surface area contributed by atoms with E-state index in [0.717, 1.165) is 0 Å². The van der Waals surface area contributed by atoms with Gasteiger partial charge in [-0.05, 0) is 45.9 Å². The first-order valence-electron chi connectivity index (χ1n) is 7.09. The van der Waals surface area contributed by atoms with E-state index < -0.39 is 0 Å². The molecule has 5 heteroatoms. The second-order valence-electron chi connectivity index (χ2n) is 6.42. The molecule has 0 aromatic heterocycles. The largest absolute Gasteiger partial charge is 0.347 e. The zero-order valence-electron chi connectivity index (χ0n) is 13.4. The van der Waals surface area contributed by atoms with Crippen LogP contribution in [0.3, 0.4) is 0 Å². The lowest BCUT2D eigenvalue weighted by molar-refractivity contribution is -0.119. The summed E-state index contributed by atoms with van der Waals surface area (Å²) in [5, 5.41) is 5.67. The minimum absolute atomic E-state index is 0.154. The molecular weight excluding hydrogens is 266 g/mol. The van der Waals surface area contributed by atoms with Crippen LogP contribution in [0.25, 0.3) is 0 Å². The molecule has 116 valence electrons. The van der Waals surface area contributed by atoms with Gasteiger partial charge in [0.1, 0.15) is 0 Å². The number of anilines is 1. The molecule has 0 radical (unpaired) electrons. The van der Waals surface area contributed by atoms with Crippen molar-refractivity contribution in [2.75, 3.05) is 5.32 Å². The second kappa shape index (κ2) is 6.72. The summed E-state index contributed by atoms with van der Waals surface area (Å²) in [7, 11) is 0. The Balaban J connectivity index is 2.82. The van der Waals surface area contributed by atoms with E-state index in [9.17, 15) is 9.59 Å². The highest BCUT2D eigenvalue weighted by Gasteiger charge is 2.18. The first-order chi connectivity index (χ1) is 9.60. The molecule has 1 aromatic carbocycles. The van der Waals surface area contributed by atoms with Crippen molar-refractivity contribution in [3.8, 4) is 0 Å². The summed E-state index contributed by atoms with van der Waals surface area (Å²) in [5.74, 6) is -0.616. The Kier molecular flexibility index (Phi) is 5.49. The molecule has 0 bridgehead atoms. The van der Waals surface area contributed by atoms with E-state index >= 15 is 0 Å². The first kappa shape index (κ1) is 17.2. The molecular formula is C16H25N3O2. The summed E-state index contributed by atoms with van der Waals surface area (Å²) in [6.07, 6.45) is 0. The maximum atomic E-state index is 12.1. The number of carbonyl (C=O) groups excluding carboxylic acids is 2. The van der Waals surface area contributed by atoms with Crippen molar-refractivity contribution in [2.24, 2.45) is 11.7 Å². The van der Waals surface area contributed by atoms with Gasteiger partial charge in [0.15, 0.2) is 0 Å². The fourth-order valence-electron chi connectivity index (χ4n) is 1.65. The molecule has 4 N–H and O–H groups in total. The number of hydrogen-bond acceptors (Lipinski definition) is 3. The van der Waals surface area contributed by atoms with E-state index in [1.165, 1.54) is 0 Å². The fourth-order valence-corrected chi connectivity index (χ4v) is 1.65. The quantitative estimate of drug-likeness (QED) is 0.794. The second-order valence-corrected chi connectivity index (χ2v) is 6.42. The number of amides is 2. The molecule has 1 aromatic rings. The van der Waals surface area contributed by atoms with Crippen molar-refractivity contribution in [2.45, 2.75) is 46.2 Å². The third kappa shape index (κ3) is 5.55. The van der Waals surface area contributed by atoms with Crippen LogP contribution in [0.15, 0.2) is 24.3 Å². The summed E-state index contributed by atoms with van der Waals surface area (Å²) in [6, 6.07) is 6.64. The molecule has 0 saturated carbocycles. The lowest BCUT2D eigenvalue weighted by atomic mass is 10.0. The van der Waals surface area contributed by atoms with Gasteiger partial charge in [0.05, 0.1) is 5.92 Å². The molecule has 21 heavy (non-hydrogen) atoms. The SMILES string of the molecule is CC(N)C(C)C(=O)Nc1cccc(C(=O)NC(C)(C)C)c1. The van der Waals surface area contributed by atoms with E-state index in [4.69, 9.17) is 5.73 Å². The number of carbonyl (C=O) groups is 2. The van der Waals surface area contributed by atoms with E-state index in [1.807, 2.05) is 20.8 Å². The van der Waals surface area contributed by atoms with E-state index in [0.29, 0.717) is 11.3 Å². The van der Waals surface area contributed by atoms with Crippen molar-refractivity contribution in [1.29, 1.82) is 0 Å².